The lowest BCUT2D eigenvalue weighted by Gasteiger charge is -2.42. The highest BCUT2D eigenvalue weighted by Crippen LogP contribution is 2.30. The van der Waals surface area contributed by atoms with Crippen molar-refractivity contribution < 1.29 is 4.79 Å². The van der Waals surface area contributed by atoms with Crippen molar-refractivity contribution in [1.82, 2.24) is 14.9 Å². The van der Waals surface area contributed by atoms with Gasteiger partial charge >= 0.3 is 0 Å². The number of piperidine rings is 1. The topological polar surface area (TPSA) is 52.2 Å². The molecule has 0 bridgehead atoms. The Labute approximate surface area is 157 Å². The highest BCUT2D eigenvalue weighted by atomic mass is 32.1. The number of amides is 1. The number of fused-ring (bicyclic) bond motifs is 1. The number of nitrogens with zero attached hydrogens (tertiary/aromatic N) is 3. The second kappa shape index (κ2) is 7.11. The first-order valence-corrected chi connectivity index (χ1v) is 9.96. The number of pyridine rings is 1. The molecule has 1 N–H and O–H groups in total. The fourth-order valence-electron chi connectivity index (χ4n) is 3.89. The normalized spacial score (nSPS) is 20.5. The number of carbonyl (C=O) groups is 1. The number of rotatable bonds is 4. The minimum Gasteiger partial charge on any atom is -0.369 e. The van der Waals surface area contributed by atoms with Crippen LogP contribution in [0.4, 0.5) is 5.69 Å². The van der Waals surface area contributed by atoms with Crippen LogP contribution in [0.1, 0.15) is 18.2 Å². The lowest BCUT2D eigenvalue weighted by atomic mass is 9.91. The van der Waals surface area contributed by atoms with Crippen LogP contribution < -0.4 is 4.90 Å². The predicted molar refractivity (Wildman–Crippen MR) is 107 cm³/mol. The largest absolute Gasteiger partial charge is 0.369 e. The van der Waals surface area contributed by atoms with E-state index in [-0.39, 0.29) is 5.91 Å². The maximum atomic E-state index is 12.7. The molecule has 5 nitrogen and oxygen atoms in total. The van der Waals surface area contributed by atoms with E-state index in [0.29, 0.717) is 18.4 Å². The summed E-state index contributed by atoms with van der Waals surface area (Å²) in [5.41, 5.74) is 2.07. The van der Waals surface area contributed by atoms with Crippen molar-refractivity contribution >= 4 is 34.0 Å². The third kappa shape index (κ3) is 3.21. The maximum Gasteiger partial charge on any atom is 0.227 e. The summed E-state index contributed by atoms with van der Waals surface area (Å²) in [6.07, 6.45) is 5.32. The zero-order chi connectivity index (χ0) is 18.1. The molecule has 0 spiro atoms. The first-order valence-electron chi connectivity index (χ1n) is 9.08. The molecule has 6 heteroatoms. The number of hydrogen-bond acceptors (Lipinski definition) is 4. The van der Waals surface area contributed by atoms with Crippen molar-refractivity contribution in [2.45, 2.75) is 25.8 Å². The Balaban J connectivity index is 1.53. The Morgan fingerprint density at radius 2 is 2.31 bits per heavy atom. The smallest absolute Gasteiger partial charge is 0.227 e. The van der Waals surface area contributed by atoms with E-state index in [1.54, 1.807) is 11.3 Å². The second-order valence-electron chi connectivity index (χ2n) is 7.11. The van der Waals surface area contributed by atoms with E-state index in [1.165, 1.54) is 5.69 Å². The molecule has 1 aliphatic rings. The van der Waals surface area contributed by atoms with Gasteiger partial charge in [-0.2, -0.15) is 0 Å². The van der Waals surface area contributed by atoms with Gasteiger partial charge < -0.3 is 14.8 Å². The van der Waals surface area contributed by atoms with Crippen LogP contribution in [0.3, 0.4) is 0 Å². The number of aromatic nitrogens is 2. The lowest BCUT2D eigenvalue weighted by molar-refractivity contribution is -0.132. The molecule has 1 unspecified atom stereocenters. The van der Waals surface area contributed by atoms with Gasteiger partial charge in [-0.3, -0.25) is 4.79 Å². The zero-order valence-electron chi connectivity index (χ0n) is 15.2. The summed E-state index contributed by atoms with van der Waals surface area (Å²) in [5, 5.41) is 3.16. The minimum atomic E-state index is 0.235. The summed E-state index contributed by atoms with van der Waals surface area (Å²) in [5.74, 6) is 0.771. The van der Waals surface area contributed by atoms with Crippen molar-refractivity contribution in [3.05, 3.63) is 46.9 Å². The van der Waals surface area contributed by atoms with E-state index in [0.717, 1.165) is 35.4 Å². The van der Waals surface area contributed by atoms with Crippen LogP contribution in [-0.2, 0) is 11.2 Å². The van der Waals surface area contributed by atoms with E-state index in [4.69, 9.17) is 0 Å². The fourth-order valence-corrected chi connectivity index (χ4v) is 4.58. The first-order chi connectivity index (χ1) is 12.6. The van der Waals surface area contributed by atoms with Gasteiger partial charge in [0, 0.05) is 54.5 Å². The molecule has 2 atom stereocenters. The molecule has 1 aliphatic heterocycles. The van der Waals surface area contributed by atoms with Gasteiger partial charge in [-0.25, -0.2) is 4.98 Å². The summed E-state index contributed by atoms with van der Waals surface area (Å²) in [4.78, 5) is 25.8. The Kier molecular flexibility index (Phi) is 4.68. The second-order valence-corrected chi connectivity index (χ2v) is 8.14. The van der Waals surface area contributed by atoms with E-state index >= 15 is 0 Å². The lowest BCUT2D eigenvalue weighted by Crippen LogP contribution is -2.53. The molecule has 4 heterocycles. The third-order valence-corrected chi connectivity index (χ3v) is 6.37. The van der Waals surface area contributed by atoms with Crippen LogP contribution in [0, 0.1) is 5.92 Å². The van der Waals surface area contributed by atoms with Crippen LogP contribution >= 0.6 is 11.3 Å². The molecule has 3 aromatic heterocycles. The summed E-state index contributed by atoms with van der Waals surface area (Å²) >= 11 is 1.65. The number of anilines is 1. The molecule has 136 valence electrons. The van der Waals surface area contributed by atoms with Gasteiger partial charge in [0.2, 0.25) is 5.91 Å². The molecule has 0 aromatic carbocycles. The molecular formula is C20H24N4OS. The molecule has 4 rings (SSSR count). The Bertz CT molecular complexity index is 888. The Morgan fingerprint density at radius 1 is 1.42 bits per heavy atom. The van der Waals surface area contributed by atoms with Gasteiger partial charge in [-0.05, 0) is 35.9 Å². The Hall–Kier alpha value is -2.34. The monoisotopic (exact) mass is 368 g/mol. The molecule has 3 aromatic rings. The molecular weight excluding hydrogens is 344 g/mol. The number of thiophene rings is 1. The molecule has 0 saturated carbocycles. The van der Waals surface area contributed by atoms with Crippen LogP contribution in [-0.4, -0.2) is 47.0 Å². The first kappa shape index (κ1) is 17.1. The van der Waals surface area contributed by atoms with Crippen molar-refractivity contribution in [2.24, 2.45) is 5.92 Å². The van der Waals surface area contributed by atoms with E-state index < -0.39 is 0 Å². The standard InChI is InChI=1S/C20H24N4OS/c1-14-7-10-24(19(25)12-15-4-3-11-26-15)13-18(14)23(2)17-6-9-22-20-16(17)5-8-21-20/h3-6,8-9,11,14,18H,7,10,12-13H2,1-2H3,(H,21,22)/t14-,18?/m1/s1. The summed E-state index contributed by atoms with van der Waals surface area (Å²) in [7, 11) is 2.14. The molecule has 1 saturated heterocycles. The van der Waals surface area contributed by atoms with Crippen LogP contribution in [0.5, 0.6) is 0 Å². The summed E-state index contributed by atoms with van der Waals surface area (Å²) in [6.45, 7) is 3.92. The minimum absolute atomic E-state index is 0.235. The van der Waals surface area contributed by atoms with Gasteiger partial charge in [0.15, 0.2) is 0 Å². The number of likely N-dealkylation sites (N-methyl/N-ethyl adjacent to an activating group) is 1. The van der Waals surface area contributed by atoms with Gasteiger partial charge in [0.05, 0.1) is 6.42 Å². The summed E-state index contributed by atoms with van der Waals surface area (Å²) < 4.78 is 0. The van der Waals surface area contributed by atoms with Gasteiger partial charge in [0.25, 0.3) is 0 Å². The molecule has 26 heavy (non-hydrogen) atoms. The molecule has 1 fully saturated rings. The maximum absolute atomic E-state index is 12.7. The zero-order valence-corrected chi connectivity index (χ0v) is 16.0. The number of carbonyl (C=O) groups excluding carboxylic acids is 1. The van der Waals surface area contributed by atoms with Gasteiger partial charge in [0.1, 0.15) is 5.65 Å². The molecule has 0 aliphatic carbocycles. The quantitative estimate of drug-likeness (QED) is 0.766. The van der Waals surface area contributed by atoms with Crippen molar-refractivity contribution in [3.63, 3.8) is 0 Å². The average Bonchev–Trinajstić information content (AvgIpc) is 3.32. The van der Waals surface area contributed by atoms with Crippen molar-refractivity contribution in [1.29, 1.82) is 0 Å². The fraction of sp³-hybridized carbons (Fsp3) is 0.400. The number of likely N-dealkylation sites (tertiary alicyclic amines) is 1. The third-order valence-electron chi connectivity index (χ3n) is 5.49. The Morgan fingerprint density at radius 3 is 3.12 bits per heavy atom. The van der Waals surface area contributed by atoms with Crippen LogP contribution in [0.15, 0.2) is 42.0 Å². The van der Waals surface area contributed by atoms with Crippen molar-refractivity contribution in [2.75, 3.05) is 25.0 Å². The number of nitrogens with one attached hydrogen (secondary N) is 1. The van der Waals surface area contributed by atoms with Gasteiger partial charge in [-0.1, -0.05) is 13.0 Å². The van der Waals surface area contributed by atoms with Gasteiger partial charge in [-0.15, -0.1) is 11.3 Å². The average molecular weight is 369 g/mol. The molecule has 0 radical (unpaired) electrons. The molecule has 1 amide bonds. The van der Waals surface area contributed by atoms with E-state index in [2.05, 4.69) is 41.0 Å². The SMILES string of the molecule is C[C@@H]1CCN(C(=O)Cc2cccs2)CC1N(C)c1ccnc2[nH]ccc12. The highest BCUT2D eigenvalue weighted by molar-refractivity contribution is 7.10. The highest BCUT2D eigenvalue weighted by Gasteiger charge is 2.32. The van der Waals surface area contributed by atoms with E-state index in [1.807, 2.05) is 34.8 Å². The predicted octanol–water partition coefficient (Wildman–Crippen LogP) is 3.54. The number of hydrogen-bond donors (Lipinski definition) is 1. The van der Waals surface area contributed by atoms with Crippen LogP contribution in [0.2, 0.25) is 0 Å². The van der Waals surface area contributed by atoms with Crippen molar-refractivity contribution in [3.8, 4) is 0 Å². The number of aromatic amines is 1. The van der Waals surface area contributed by atoms with E-state index in [9.17, 15) is 4.79 Å². The van der Waals surface area contributed by atoms with Crippen LogP contribution in [0.25, 0.3) is 11.0 Å². The summed E-state index contributed by atoms with van der Waals surface area (Å²) in [6, 6.07) is 8.49. The number of H-pyrrole nitrogens is 1.